The van der Waals surface area contributed by atoms with Crippen molar-refractivity contribution >= 4 is 39.7 Å². The zero-order valence-electron chi connectivity index (χ0n) is 11.4. The molecule has 1 fully saturated rings. The molecule has 1 aromatic rings. The Kier molecular flexibility index (Phi) is 5.15. The van der Waals surface area contributed by atoms with Gasteiger partial charge in [0.2, 0.25) is 0 Å². The molecule has 2 heterocycles. The van der Waals surface area contributed by atoms with E-state index >= 15 is 0 Å². The Bertz CT molecular complexity index is 527. The van der Waals surface area contributed by atoms with E-state index in [0.29, 0.717) is 22.7 Å². The molecule has 2 rings (SSSR count). The third-order valence-electron chi connectivity index (χ3n) is 3.09. The molecule has 0 bridgehead atoms. The minimum atomic E-state index is -0.193. The Morgan fingerprint density at radius 1 is 1.50 bits per heavy atom. The lowest BCUT2D eigenvalue weighted by molar-refractivity contribution is 0.0960. The molecule has 0 aliphatic carbocycles. The summed E-state index contributed by atoms with van der Waals surface area (Å²) in [4.78, 5) is 14.6. The number of hydrogen-bond donors (Lipinski definition) is 2. The van der Waals surface area contributed by atoms with Crippen LogP contribution in [0.15, 0.2) is 0 Å². The zero-order chi connectivity index (χ0) is 14.5. The van der Waals surface area contributed by atoms with E-state index in [2.05, 4.69) is 16.3 Å². The Labute approximate surface area is 127 Å². The van der Waals surface area contributed by atoms with Crippen LogP contribution in [0.25, 0.3) is 0 Å². The van der Waals surface area contributed by atoms with E-state index in [1.165, 1.54) is 11.3 Å². The van der Waals surface area contributed by atoms with E-state index < -0.39 is 0 Å². The van der Waals surface area contributed by atoms with E-state index in [1.807, 2.05) is 18.7 Å². The molecule has 1 aromatic heterocycles. The molecule has 0 spiro atoms. The summed E-state index contributed by atoms with van der Waals surface area (Å²) < 4.78 is 0. The lowest BCUT2D eigenvalue weighted by Gasteiger charge is -2.20. The van der Waals surface area contributed by atoms with Crippen molar-refractivity contribution < 1.29 is 4.79 Å². The van der Waals surface area contributed by atoms with Gasteiger partial charge in [0.25, 0.3) is 5.91 Å². The van der Waals surface area contributed by atoms with Crippen LogP contribution in [0.1, 0.15) is 28.6 Å². The van der Waals surface area contributed by atoms with Crippen LogP contribution in [0, 0.1) is 11.3 Å². The van der Waals surface area contributed by atoms with Crippen molar-refractivity contribution in [1.82, 2.24) is 5.32 Å². The van der Waals surface area contributed by atoms with Crippen LogP contribution in [-0.4, -0.2) is 37.0 Å². The Morgan fingerprint density at radius 3 is 3.00 bits per heavy atom. The minimum absolute atomic E-state index is 0.193. The van der Waals surface area contributed by atoms with E-state index in [4.69, 9.17) is 5.73 Å². The van der Waals surface area contributed by atoms with Gasteiger partial charge in [0.1, 0.15) is 21.5 Å². The maximum Gasteiger partial charge on any atom is 0.263 e. The summed E-state index contributed by atoms with van der Waals surface area (Å²) in [6.07, 6.45) is 1.09. The highest BCUT2D eigenvalue weighted by atomic mass is 32.2. The number of amides is 1. The van der Waals surface area contributed by atoms with Gasteiger partial charge in [-0.3, -0.25) is 4.79 Å². The molecule has 108 valence electrons. The van der Waals surface area contributed by atoms with Gasteiger partial charge in [-0.2, -0.15) is 17.0 Å². The average Bonchev–Trinajstić information content (AvgIpc) is 2.63. The first kappa shape index (κ1) is 15.0. The first-order chi connectivity index (χ1) is 9.69. The largest absolute Gasteiger partial charge is 0.396 e. The Hall–Kier alpha value is -1.39. The number of carbonyl (C=O) groups excluding carboxylic acids is 1. The number of hydrogen-bond acceptors (Lipinski definition) is 6. The number of carbonyl (C=O) groups is 1. The van der Waals surface area contributed by atoms with Crippen molar-refractivity contribution in [2.75, 3.05) is 41.8 Å². The van der Waals surface area contributed by atoms with Crippen molar-refractivity contribution in [3.63, 3.8) is 0 Å². The molecule has 7 heteroatoms. The van der Waals surface area contributed by atoms with Gasteiger partial charge in [-0.05, 0) is 19.1 Å². The van der Waals surface area contributed by atoms with E-state index in [-0.39, 0.29) is 5.91 Å². The van der Waals surface area contributed by atoms with Gasteiger partial charge in [0.15, 0.2) is 0 Å². The van der Waals surface area contributed by atoms with Gasteiger partial charge < -0.3 is 16.0 Å². The van der Waals surface area contributed by atoms with Crippen LogP contribution < -0.4 is 16.0 Å². The van der Waals surface area contributed by atoms with Crippen molar-refractivity contribution in [2.45, 2.75) is 13.3 Å². The van der Waals surface area contributed by atoms with Crippen LogP contribution in [-0.2, 0) is 0 Å². The highest BCUT2D eigenvalue weighted by molar-refractivity contribution is 7.99. The van der Waals surface area contributed by atoms with Gasteiger partial charge in [0.05, 0.1) is 5.69 Å². The van der Waals surface area contributed by atoms with Crippen molar-refractivity contribution in [1.29, 1.82) is 5.26 Å². The summed E-state index contributed by atoms with van der Waals surface area (Å²) in [5, 5.41) is 12.9. The molecule has 0 radical (unpaired) electrons. The predicted octanol–water partition coefficient (Wildman–Crippen LogP) is 1.89. The maximum atomic E-state index is 12.0. The lowest BCUT2D eigenvalue weighted by atomic mass is 10.2. The molecule has 1 saturated heterocycles. The van der Waals surface area contributed by atoms with Crippen LogP contribution >= 0.6 is 23.1 Å². The topological polar surface area (TPSA) is 82.2 Å². The fraction of sp³-hybridized carbons (Fsp3) is 0.538. The minimum Gasteiger partial charge on any atom is -0.396 e. The van der Waals surface area contributed by atoms with Gasteiger partial charge in [-0.1, -0.05) is 0 Å². The molecular formula is C13H18N4OS2. The highest BCUT2D eigenvalue weighted by Gasteiger charge is 2.24. The molecule has 0 aromatic carbocycles. The van der Waals surface area contributed by atoms with E-state index in [0.717, 1.165) is 36.0 Å². The van der Waals surface area contributed by atoms with Gasteiger partial charge in [0, 0.05) is 25.4 Å². The predicted molar refractivity (Wildman–Crippen MR) is 85.6 cm³/mol. The van der Waals surface area contributed by atoms with Crippen LogP contribution in [0.5, 0.6) is 0 Å². The molecule has 5 nitrogen and oxygen atoms in total. The quantitative estimate of drug-likeness (QED) is 0.891. The SMILES string of the molecule is CCNC(=O)c1sc(N2CCCSCC2)c(C#N)c1N. The number of nitrogens with zero attached hydrogens (tertiary/aromatic N) is 2. The smallest absolute Gasteiger partial charge is 0.263 e. The molecule has 1 amide bonds. The molecule has 0 unspecified atom stereocenters. The summed E-state index contributed by atoms with van der Waals surface area (Å²) >= 11 is 3.25. The molecule has 0 atom stereocenters. The van der Waals surface area contributed by atoms with Gasteiger partial charge in [-0.15, -0.1) is 11.3 Å². The average molecular weight is 310 g/mol. The summed E-state index contributed by atoms with van der Waals surface area (Å²) in [5.41, 5.74) is 6.75. The molecular weight excluding hydrogens is 292 g/mol. The number of nitrogen functional groups attached to an aromatic ring is 1. The normalized spacial score (nSPS) is 15.5. The molecule has 3 N–H and O–H groups in total. The fourth-order valence-corrected chi connectivity index (χ4v) is 4.15. The number of rotatable bonds is 3. The zero-order valence-corrected chi connectivity index (χ0v) is 13.1. The standard InChI is InChI=1S/C13H18N4OS2/c1-2-16-12(18)11-10(15)9(8-14)13(20-11)17-4-3-6-19-7-5-17/h2-7,15H2,1H3,(H,16,18). The number of thioether (sulfide) groups is 1. The highest BCUT2D eigenvalue weighted by Crippen LogP contribution is 2.38. The van der Waals surface area contributed by atoms with Crippen LogP contribution in [0.3, 0.4) is 0 Å². The van der Waals surface area contributed by atoms with Gasteiger partial charge >= 0.3 is 0 Å². The van der Waals surface area contributed by atoms with Gasteiger partial charge in [-0.25, -0.2) is 0 Å². The number of nitrogens with two attached hydrogens (primary N) is 1. The lowest BCUT2D eigenvalue weighted by Crippen LogP contribution is -2.25. The second kappa shape index (κ2) is 6.86. The van der Waals surface area contributed by atoms with E-state index in [9.17, 15) is 10.1 Å². The van der Waals surface area contributed by atoms with Crippen LogP contribution in [0.4, 0.5) is 10.7 Å². The molecule has 20 heavy (non-hydrogen) atoms. The summed E-state index contributed by atoms with van der Waals surface area (Å²) in [6, 6.07) is 2.16. The van der Waals surface area contributed by atoms with Crippen LogP contribution in [0.2, 0.25) is 0 Å². The summed E-state index contributed by atoms with van der Waals surface area (Å²) in [5.74, 6) is 1.99. The second-order valence-corrected chi connectivity index (χ2v) is 6.67. The number of thiophene rings is 1. The molecule has 0 saturated carbocycles. The molecule has 1 aliphatic rings. The maximum absolute atomic E-state index is 12.0. The molecule has 1 aliphatic heterocycles. The Balaban J connectivity index is 2.35. The summed E-state index contributed by atoms with van der Waals surface area (Å²) in [6.45, 7) is 4.22. The van der Waals surface area contributed by atoms with Crippen molar-refractivity contribution in [3.05, 3.63) is 10.4 Å². The summed E-state index contributed by atoms with van der Waals surface area (Å²) in [7, 11) is 0. The first-order valence-corrected chi connectivity index (χ1v) is 8.59. The number of nitrogens with one attached hydrogen (secondary N) is 1. The van der Waals surface area contributed by atoms with Crippen molar-refractivity contribution in [3.8, 4) is 6.07 Å². The Morgan fingerprint density at radius 2 is 2.30 bits per heavy atom. The third-order valence-corrected chi connectivity index (χ3v) is 5.41. The van der Waals surface area contributed by atoms with Crippen molar-refractivity contribution in [2.24, 2.45) is 0 Å². The monoisotopic (exact) mass is 310 g/mol. The second-order valence-electron chi connectivity index (χ2n) is 4.45. The fourth-order valence-electron chi connectivity index (χ4n) is 2.12. The van der Waals surface area contributed by atoms with E-state index in [1.54, 1.807) is 0 Å². The number of anilines is 2. The number of nitriles is 1. The first-order valence-electron chi connectivity index (χ1n) is 6.62. The third kappa shape index (κ3) is 3.02.